The summed E-state index contributed by atoms with van der Waals surface area (Å²) in [6, 6.07) is 7.62. The zero-order chi connectivity index (χ0) is 15.3. The van der Waals surface area contributed by atoms with Crippen LogP contribution in [0, 0.1) is 16.7 Å². The van der Waals surface area contributed by atoms with Crippen molar-refractivity contribution in [2.24, 2.45) is 16.7 Å². The molecular weight excluding hydrogens is 262 g/mol. The summed E-state index contributed by atoms with van der Waals surface area (Å²) in [6.07, 6.45) is 3.64. The highest BCUT2D eigenvalue weighted by atomic mass is 16.5. The Morgan fingerprint density at radius 2 is 1.90 bits per heavy atom. The van der Waals surface area contributed by atoms with E-state index in [1.165, 1.54) is 12.8 Å². The monoisotopic (exact) mass is 287 g/mol. The van der Waals surface area contributed by atoms with E-state index in [0.717, 1.165) is 18.1 Å². The number of rotatable bonds is 3. The maximum Gasteiger partial charge on any atom is 0.251 e. The molecule has 0 aliphatic heterocycles. The predicted molar refractivity (Wildman–Crippen MR) is 83.5 cm³/mol. The van der Waals surface area contributed by atoms with Crippen LogP contribution in [0.3, 0.4) is 0 Å². The van der Waals surface area contributed by atoms with Gasteiger partial charge in [0, 0.05) is 11.6 Å². The first-order valence-corrected chi connectivity index (χ1v) is 7.83. The van der Waals surface area contributed by atoms with Gasteiger partial charge < -0.3 is 10.1 Å². The second-order valence-electron chi connectivity index (χ2n) is 7.37. The Kier molecular flexibility index (Phi) is 3.27. The van der Waals surface area contributed by atoms with Crippen molar-refractivity contribution < 1.29 is 9.53 Å². The van der Waals surface area contributed by atoms with E-state index in [2.05, 4.69) is 26.1 Å². The average Bonchev–Trinajstić information content (AvgIpc) is 2.80. The molecule has 2 aliphatic carbocycles. The molecule has 1 N–H and O–H groups in total. The number of fused-ring (bicyclic) bond motifs is 2. The summed E-state index contributed by atoms with van der Waals surface area (Å²) < 4.78 is 5.13. The smallest absolute Gasteiger partial charge is 0.251 e. The molecule has 3 nitrogen and oxygen atoms in total. The lowest BCUT2D eigenvalue weighted by atomic mass is 9.69. The van der Waals surface area contributed by atoms with Crippen molar-refractivity contribution in [3.05, 3.63) is 29.8 Å². The molecule has 2 bridgehead atoms. The zero-order valence-electron chi connectivity index (χ0n) is 13.4. The molecule has 21 heavy (non-hydrogen) atoms. The SMILES string of the molecule is COc1ccc(C(=O)N[C@@H]2C[C@@H]3CC[C@]2(C)C3(C)C)cc1. The molecule has 1 amide bonds. The molecule has 0 unspecified atom stereocenters. The number of carbonyl (C=O) groups is 1. The Morgan fingerprint density at radius 1 is 1.24 bits per heavy atom. The number of amides is 1. The van der Waals surface area contributed by atoms with Crippen LogP contribution in [0.25, 0.3) is 0 Å². The molecule has 3 heteroatoms. The fourth-order valence-electron chi connectivity index (χ4n) is 4.41. The highest BCUT2D eigenvalue weighted by Crippen LogP contribution is 2.65. The maximum atomic E-state index is 12.5. The van der Waals surface area contributed by atoms with Crippen LogP contribution in [-0.4, -0.2) is 19.1 Å². The van der Waals surface area contributed by atoms with Crippen molar-refractivity contribution >= 4 is 5.91 Å². The minimum atomic E-state index is 0.0345. The lowest BCUT2D eigenvalue weighted by Gasteiger charge is -2.39. The summed E-state index contributed by atoms with van der Waals surface area (Å²) in [4.78, 5) is 12.5. The molecule has 1 aromatic rings. The van der Waals surface area contributed by atoms with Crippen LogP contribution in [-0.2, 0) is 0 Å². The highest BCUT2D eigenvalue weighted by Gasteiger charge is 2.61. The van der Waals surface area contributed by atoms with Crippen LogP contribution in [0.4, 0.5) is 0 Å². The Balaban J connectivity index is 1.74. The average molecular weight is 287 g/mol. The Hall–Kier alpha value is -1.51. The third-order valence-electron chi connectivity index (χ3n) is 6.45. The van der Waals surface area contributed by atoms with Gasteiger partial charge in [0.25, 0.3) is 5.91 Å². The number of hydrogen-bond acceptors (Lipinski definition) is 2. The molecule has 0 aromatic heterocycles. The summed E-state index contributed by atoms with van der Waals surface area (Å²) in [7, 11) is 1.63. The lowest BCUT2D eigenvalue weighted by Crippen LogP contribution is -2.46. The maximum absolute atomic E-state index is 12.5. The number of methoxy groups -OCH3 is 1. The molecule has 0 saturated heterocycles. The minimum Gasteiger partial charge on any atom is -0.497 e. The van der Waals surface area contributed by atoms with Gasteiger partial charge in [0.2, 0.25) is 0 Å². The number of hydrogen-bond donors (Lipinski definition) is 1. The zero-order valence-corrected chi connectivity index (χ0v) is 13.4. The second-order valence-corrected chi connectivity index (χ2v) is 7.37. The number of nitrogens with one attached hydrogen (secondary N) is 1. The number of carbonyl (C=O) groups excluding carboxylic acids is 1. The molecule has 2 saturated carbocycles. The Bertz CT molecular complexity index is 549. The van der Waals surface area contributed by atoms with Crippen molar-refractivity contribution in [2.75, 3.05) is 7.11 Å². The standard InChI is InChI=1S/C18H25NO2/c1-17(2)13-9-10-18(17,3)15(11-13)19-16(20)12-5-7-14(21-4)8-6-12/h5-8,13,15H,9-11H2,1-4H3,(H,19,20)/t13-,15+,18-/m0/s1. The summed E-state index contributed by atoms with van der Waals surface area (Å²) in [6.45, 7) is 7.08. The van der Waals surface area contributed by atoms with Crippen molar-refractivity contribution in [1.29, 1.82) is 0 Å². The van der Waals surface area contributed by atoms with Gasteiger partial charge in [-0.3, -0.25) is 4.79 Å². The Morgan fingerprint density at radius 3 is 2.38 bits per heavy atom. The third kappa shape index (κ3) is 2.05. The number of ether oxygens (including phenoxy) is 1. The molecule has 2 aliphatic rings. The molecule has 1 aromatic carbocycles. The van der Waals surface area contributed by atoms with Crippen LogP contribution in [0.15, 0.2) is 24.3 Å². The largest absolute Gasteiger partial charge is 0.497 e. The summed E-state index contributed by atoms with van der Waals surface area (Å²) in [5, 5.41) is 3.28. The van der Waals surface area contributed by atoms with E-state index in [9.17, 15) is 4.79 Å². The first-order valence-electron chi connectivity index (χ1n) is 7.83. The van der Waals surface area contributed by atoms with Gasteiger partial charge in [-0.25, -0.2) is 0 Å². The molecular formula is C18H25NO2. The third-order valence-corrected chi connectivity index (χ3v) is 6.45. The van der Waals surface area contributed by atoms with Gasteiger partial charge in [0.15, 0.2) is 0 Å². The first kappa shape index (κ1) is 14.4. The van der Waals surface area contributed by atoms with Crippen LogP contribution in [0.5, 0.6) is 5.75 Å². The van der Waals surface area contributed by atoms with Crippen molar-refractivity contribution in [2.45, 2.75) is 46.1 Å². The van der Waals surface area contributed by atoms with Gasteiger partial charge in [0.05, 0.1) is 7.11 Å². The topological polar surface area (TPSA) is 38.3 Å². The van der Waals surface area contributed by atoms with Crippen molar-refractivity contribution in [3.63, 3.8) is 0 Å². The number of benzene rings is 1. The molecule has 0 radical (unpaired) electrons. The van der Waals surface area contributed by atoms with Gasteiger partial charge in [-0.15, -0.1) is 0 Å². The summed E-state index contributed by atoms with van der Waals surface area (Å²) >= 11 is 0. The van der Waals surface area contributed by atoms with Gasteiger partial charge in [-0.2, -0.15) is 0 Å². The van der Waals surface area contributed by atoms with Crippen LogP contribution in [0.2, 0.25) is 0 Å². The van der Waals surface area contributed by atoms with E-state index in [0.29, 0.717) is 17.0 Å². The van der Waals surface area contributed by atoms with Crippen molar-refractivity contribution in [3.8, 4) is 5.75 Å². The molecule has 3 rings (SSSR count). The normalized spacial score (nSPS) is 33.0. The van der Waals surface area contributed by atoms with Crippen LogP contribution in [0.1, 0.15) is 50.4 Å². The summed E-state index contributed by atoms with van der Waals surface area (Å²) in [5.41, 5.74) is 1.25. The van der Waals surface area contributed by atoms with E-state index in [-0.39, 0.29) is 11.3 Å². The van der Waals surface area contributed by atoms with Crippen LogP contribution < -0.4 is 10.1 Å². The van der Waals surface area contributed by atoms with E-state index in [4.69, 9.17) is 4.74 Å². The van der Waals surface area contributed by atoms with Crippen LogP contribution >= 0.6 is 0 Å². The molecule has 2 fully saturated rings. The van der Waals surface area contributed by atoms with Crippen molar-refractivity contribution in [1.82, 2.24) is 5.32 Å². The molecule has 3 atom stereocenters. The fraction of sp³-hybridized carbons (Fsp3) is 0.611. The Labute approximate surface area is 127 Å². The van der Waals surface area contributed by atoms with E-state index >= 15 is 0 Å². The van der Waals surface area contributed by atoms with Gasteiger partial charge in [0.1, 0.15) is 5.75 Å². The lowest BCUT2D eigenvalue weighted by molar-refractivity contribution is 0.0826. The van der Waals surface area contributed by atoms with Gasteiger partial charge in [-0.1, -0.05) is 20.8 Å². The minimum absolute atomic E-state index is 0.0345. The second kappa shape index (κ2) is 4.75. The molecule has 0 spiro atoms. The summed E-state index contributed by atoms with van der Waals surface area (Å²) in [5.74, 6) is 1.55. The van der Waals surface area contributed by atoms with E-state index < -0.39 is 0 Å². The molecule has 114 valence electrons. The quantitative estimate of drug-likeness (QED) is 0.921. The first-order chi connectivity index (χ1) is 9.88. The predicted octanol–water partition coefficient (Wildman–Crippen LogP) is 3.64. The van der Waals surface area contributed by atoms with Gasteiger partial charge in [-0.05, 0) is 60.3 Å². The van der Waals surface area contributed by atoms with E-state index in [1.54, 1.807) is 7.11 Å². The van der Waals surface area contributed by atoms with E-state index in [1.807, 2.05) is 24.3 Å². The fourth-order valence-corrected chi connectivity index (χ4v) is 4.41. The highest BCUT2D eigenvalue weighted by molar-refractivity contribution is 5.94. The molecule has 0 heterocycles. The van der Waals surface area contributed by atoms with Gasteiger partial charge >= 0.3 is 0 Å².